The van der Waals surface area contributed by atoms with E-state index >= 15 is 0 Å². The lowest BCUT2D eigenvalue weighted by atomic mass is 9.87. The summed E-state index contributed by atoms with van der Waals surface area (Å²) in [6, 6.07) is 8.11. The van der Waals surface area contributed by atoms with E-state index in [9.17, 15) is 9.90 Å². The molecule has 1 heterocycles. The maximum atomic E-state index is 12.4. The van der Waals surface area contributed by atoms with Crippen LogP contribution in [-0.4, -0.2) is 34.8 Å². The third kappa shape index (κ3) is 6.60. The van der Waals surface area contributed by atoms with Crippen molar-refractivity contribution < 1.29 is 14.6 Å². The van der Waals surface area contributed by atoms with Gasteiger partial charge in [0.05, 0.1) is 6.61 Å². The van der Waals surface area contributed by atoms with Gasteiger partial charge in [-0.25, -0.2) is 4.79 Å². The zero-order valence-electron chi connectivity index (χ0n) is 18.5. The van der Waals surface area contributed by atoms with Gasteiger partial charge >= 0.3 is 6.09 Å². The van der Waals surface area contributed by atoms with Gasteiger partial charge in [-0.1, -0.05) is 48.9 Å². The van der Waals surface area contributed by atoms with Gasteiger partial charge in [0, 0.05) is 13.1 Å². The van der Waals surface area contributed by atoms with Crippen molar-refractivity contribution in [3.05, 3.63) is 64.8 Å². The SMILES string of the molecule is C/C=C\C(=C/CC)C(=C1CCN(C(=O)OC(C)(C)C)CC1)c1cccc(CO)c1. The van der Waals surface area contributed by atoms with Crippen LogP contribution < -0.4 is 0 Å². The van der Waals surface area contributed by atoms with E-state index in [-0.39, 0.29) is 12.7 Å². The Hall–Kier alpha value is -2.33. The molecule has 1 amide bonds. The Balaban J connectivity index is 2.37. The van der Waals surface area contributed by atoms with Crippen LogP contribution in [0.4, 0.5) is 4.79 Å². The first-order valence-corrected chi connectivity index (χ1v) is 10.5. The molecule has 1 fully saturated rings. The summed E-state index contributed by atoms with van der Waals surface area (Å²) in [4.78, 5) is 14.2. The molecule has 0 aromatic heterocycles. The molecular weight excluding hydrogens is 362 g/mol. The molecule has 2 rings (SSSR count). The molecule has 0 atom stereocenters. The highest BCUT2D eigenvalue weighted by Gasteiger charge is 2.26. The lowest BCUT2D eigenvalue weighted by Crippen LogP contribution is -2.40. The third-order valence-corrected chi connectivity index (χ3v) is 4.83. The van der Waals surface area contributed by atoms with E-state index < -0.39 is 5.60 Å². The van der Waals surface area contributed by atoms with Gasteiger partial charge in [0.2, 0.25) is 0 Å². The zero-order valence-corrected chi connectivity index (χ0v) is 18.5. The molecule has 29 heavy (non-hydrogen) atoms. The highest BCUT2D eigenvalue weighted by molar-refractivity contribution is 5.84. The van der Waals surface area contributed by atoms with E-state index in [4.69, 9.17) is 4.74 Å². The van der Waals surface area contributed by atoms with Crippen LogP contribution in [0.15, 0.2) is 53.6 Å². The number of aliphatic hydroxyl groups excluding tert-OH is 1. The average Bonchev–Trinajstić information content (AvgIpc) is 2.68. The van der Waals surface area contributed by atoms with Crippen molar-refractivity contribution in [3.63, 3.8) is 0 Å². The first kappa shape index (κ1) is 23.0. The Morgan fingerprint density at radius 3 is 2.48 bits per heavy atom. The highest BCUT2D eigenvalue weighted by Crippen LogP contribution is 2.34. The molecule has 4 nitrogen and oxygen atoms in total. The van der Waals surface area contributed by atoms with Crippen LogP contribution in [0.2, 0.25) is 0 Å². The number of likely N-dealkylation sites (tertiary alicyclic amines) is 1. The minimum Gasteiger partial charge on any atom is -0.444 e. The van der Waals surface area contributed by atoms with Crippen LogP contribution in [0.25, 0.3) is 5.57 Å². The first-order chi connectivity index (χ1) is 13.8. The predicted molar refractivity (Wildman–Crippen MR) is 120 cm³/mol. The van der Waals surface area contributed by atoms with E-state index in [2.05, 4.69) is 37.3 Å². The summed E-state index contributed by atoms with van der Waals surface area (Å²) in [7, 11) is 0. The van der Waals surface area contributed by atoms with Crippen LogP contribution in [0, 0.1) is 0 Å². The van der Waals surface area contributed by atoms with Crippen molar-refractivity contribution in [2.24, 2.45) is 0 Å². The second kappa shape index (κ2) is 10.4. The topological polar surface area (TPSA) is 49.8 Å². The number of piperidine rings is 1. The number of benzene rings is 1. The van der Waals surface area contributed by atoms with Crippen LogP contribution in [0.3, 0.4) is 0 Å². The Bertz CT molecular complexity index is 787. The summed E-state index contributed by atoms with van der Waals surface area (Å²) in [6.07, 6.45) is 8.80. The number of carbonyl (C=O) groups is 1. The van der Waals surface area contributed by atoms with Gasteiger partial charge in [-0.05, 0) is 75.3 Å². The molecule has 1 saturated heterocycles. The van der Waals surface area contributed by atoms with Crippen LogP contribution in [-0.2, 0) is 11.3 Å². The van der Waals surface area contributed by atoms with Crippen molar-refractivity contribution >= 4 is 11.7 Å². The quantitative estimate of drug-likeness (QED) is 0.632. The summed E-state index contributed by atoms with van der Waals surface area (Å²) in [5.74, 6) is 0. The monoisotopic (exact) mass is 397 g/mol. The smallest absolute Gasteiger partial charge is 0.410 e. The standard InChI is InChI=1S/C25H35NO3/c1-6-9-20(10-7-2)23(22-12-8-11-19(17-22)18-27)21-13-15-26(16-14-21)24(28)29-25(3,4)5/h6,8-12,17,27H,7,13-16,18H2,1-5H3/b9-6-,20-10+. The largest absolute Gasteiger partial charge is 0.444 e. The van der Waals surface area contributed by atoms with Gasteiger partial charge in [0.25, 0.3) is 0 Å². The molecule has 1 aliphatic heterocycles. The zero-order chi connectivity index (χ0) is 21.4. The minimum absolute atomic E-state index is 0.0271. The fourth-order valence-corrected chi connectivity index (χ4v) is 3.59. The van der Waals surface area contributed by atoms with Crippen LogP contribution in [0.1, 0.15) is 65.0 Å². The van der Waals surface area contributed by atoms with Gasteiger partial charge in [-0.3, -0.25) is 0 Å². The summed E-state index contributed by atoms with van der Waals surface area (Å²) >= 11 is 0. The maximum absolute atomic E-state index is 12.4. The number of hydrogen-bond donors (Lipinski definition) is 1. The molecule has 1 aromatic rings. The number of hydrogen-bond acceptors (Lipinski definition) is 3. The molecule has 4 heteroatoms. The minimum atomic E-state index is -0.480. The molecule has 0 aliphatic carbocycles. The Kier molecular flexibility index (Phi) is 8.27. The number of nitrogens with zero attached hydrogens (tertiary/aromatic N) is 1. The molecule has 1 aliphatic rings. The molecule has 0 saturated carbocycles. The number of ether oxygens (including phenoxy) is 1. The first-order valence-electron chi connectivity index (χ1n) is 10.5. The molecule has 0 spiro atoms. The van der Waals surface area contributed by atoms with E-state index in [1.54, 1.807) is 4.90 Å². The van der Waals surface area contributed by atoms with Crippen molar-refractivity contribution in [2.75, 3.05) is 13.1 Å². The molecule has 0 unspecified atom stereocenters. The fraction of sp³-hybridized carbons (Fsp3) is 0.480. The molecule has 0 bridgehead atoms. The lowest BCUT2D eigenvalue weighted by Gasteiger charge is -2.32. The molecular formula is C25H35NO3. The number of amides is 1. The van der Waals surface area contributed by atoms with Crippen LogP contribution in [0.5, 0.6) is 0 Å². The molecule has 158 valence electrons. The number of carbonyl (C=O) groups excluding carboxylic acids is 1. The second-order valence-corrected chi connectivity index (χ2v) is 8.37. The van der Waals surface area contributed by atoms with Gasteiger partial charge in [-0.2, -0.15) is 0 Å². The number of allylic oxidation sites excluding steroid dienone is 5. The Morgan fingerprint density at radius 2 is 1.93 bits per heavy atom. The lowest BCUT2D eigenvalue weighted by molar-refractivity contribution is 0.0236. The molecule has 1 N–H and O–H groups in total. The molecule has 0 radical (unpaired) electrons. The van der Waals surface area contributed by atoms with Crippen molar-refractivity contribution in [2.45, 2.75) is 66.1 Å². The summed E-state index contributed by atoms with van der Waals surface area (Å²) in [6.45, 7) is 11.2. The predicted octanol–water partition coefficient (Wildman–Crippen LogP) is 5.88. The van der Waals surface area contributed by atoms with E-state index in [1.807, 2.05) is 39.8 Å². The van der Waals surface area contributed by atoms with E-state index in [0.29, 0.717) is 13.1 Å². The fourth-order valence-electron chi connectivity index (χ4n) is 3.59. The van der Waals surface area contributed by atoms with E-state index in [0.717, 1.165) is 30.4 Å². The van der Waals surface area contributed by atoms with Gasteiger partial charge in [-0.15, -0.1) is 0 Å². The summed E-state index contributed by atoms with van der Waals surface area (Å²) < 4.78 is 5.53. The van der Waals surface area contributed by atoms with E-state index in [1.165, 1.54) is 16.7 Å². The second-order valence-electron chi connectivity index (χ2n) is 8.37. The van der Waals surface area contributed by atoms with Gasteiger partial charge < -0.3 is 14.7 Å². The summed E-state index contributed by atoms with van der Waals surface area (Å²) in [5, 5.41) is 9.59. The maximum Gasteiger partial charge on any atom is 0.410 e. The van der Waals surface area contributed by atoms with Crippen molar-refractivity contribution in [1.82, 2.24) is 4.90 Å². The number of rotatable bonds is 5. The van der Waals surface area contributed by atoms with Crippen LogP contribution >= 0.6 is 0 Å². The van der Waals surface area contributed by atoms with Crippen molar-refractivity contribution in [1.29, 1.82) is 0 Å². The summed E-state index contributed by atoms with van der Waals surface area (Å²) in [5.41, 5.74) is 5.32. The third-order valence-electron chi connectivity index (χ3n) is 4.83. The Morgan fingerprint density at radius 1 is 1.24 bits per heavy atom. The number of aliphatic hydroxyl groups is 1. The van der Waals surface area contributed by atoms with Gasteiger partial charge in [0.1, 0.15) is 5.60 Å². The Labute approximate surface area is 175 Å². The highest BCUT2D eigenvalue weighted by atomic mass is 16.6. The van der Waals surface area contributed by atoms with Gasteiger partial charge in [0.15, 0.2) is 0 Å². The average molecular weight is 398 g/mol. The van der Waals surface area contributed by atoms with Crippen molar-refractivity contribution in [3.8, 4) is 0 Å². The molecule has 1 aromatic carbocycles. The normalized spacial score (nSPS) is 15.7.